The third-order valence-corrected chi connectivity index (χ3v) is 8.28. The van der Waals surface area contributed by atoms with E-state index in [1.165, 1.54) is 12.1 Å². The number of likely N-dealkylation sites (tertiary alicyclic amines) is 1. The second-order valence-electron chi connectivity index (χ2n) is 8.97. The second kappa shape index (κ2) is 8.30. The summed E-state index contributed by atoms with van der Waals surface area (Å²) in [5.41, 5.74) is 3.78. The smallest absolute Gasteiger partial charge is 0.254 e. The molecule has 0 aliphatic carbocycles. The Hall–Kier alpha value is -2.45. The van der Waals surface area contributed by atoms with Crippen molar-refractivity contribution in [2.24, 2.45) is 4.40 Å². The minimum Gasteiger partial charge on any atom is -0.362 e. The summed E-state index contributed by atoms with van der Waals surface area (Å²) in [4.78, 5) is 14.5. The summed E-state index contributed by atoms with van der Waals surface area (Å²) in [7, 11) is 0. The average Bonchev–Trinajstić information content (AvgIpc) is 3.43. The van der Waals surface area contributed by atoms with E-state index in [1.807, 2.05) is 48.5 Å². The minimum atomic E-state index is -1.89. The quantitative estimate of drug-likeness (QED) is 0.280. The average molecular weight is 531 g/mol. The third-order valence-electron chi connectivity index (χ3n) is 6.74. The van der Waals surface area contributed by atoms with E-state index < -0.39 is 16.4 Å². The van der Waals surface area contributed by atoms with Crippen molar-refractivity contribution in [2.75, 3.05) is 13.1 Å². The Bertz CT molecular complexity index is 1370. The van der Waals surface area contributed by atoms with Crippen LogP contribution in [0.15, 0.2) is 65.1 Å². The van der Waals surface area contributed by atoms with E-state index in [0.717, 1.165) is 28.6 Å². The van der Waals surface area contributed by atoms with Crippen LogP contribution in [0.3, 0.4) is 0 Å². The molecule has 0 saturated carbocycles. The summed E-state index contributed by atoms with van der Waals surface area (Å²) in [5.74, 6) is -0.778. The maximum absolute atomic E-state index is 15.7. The van der Waals surface area contributed by atoms with E-state index in [0.29, 0.717) is 31.0 Å². The highest BCUT2D eigenvalue weighted by Gasteiger charge is 2.52. The highest BCUT2D eigenvalue weighted by molar-refractivity contribution is 7.99. The van der Waals surface area contributed by atoms with Crippen molar-refractivity contribution in [1.82, 2.24) is 4.90 Å². The molecular formula is C26H18Cl2F2N2O2S. The van der Waals surface area contributed by atoms with Crippen LogP contribution in [0, 0.1) is 5.82 Å². The summed E-state index contributed by atoms with van der Waals surface area (Å²) in [6.07, 6.45) is 0.0000979. The van der Waals surface area contributed by atoms with E-state index >= 15 is 4.39 Å². The van der Waals surface area contributed by atoms with E-state index in [9.17, 15) is 9.18 Å². The summed E-state index contributed by atoms with van der Waals surface area (Å²) < 4.78 is 40.0. The van der Waals surface area contributed by atoms with Crippen LogP contribution in [-0.4, -0.2) is 29.6 Å². The Morgan fingerprint density at radius 1 is 1.06 bits per heavy atom. The number of alkyl halides is 1. The van der Waals surface area contributed by atoms with E-state index in [2.05, 4.69) is 4.40 Å². The van der Waals surface area contributed by atoms with Crippen molar-refractivity contribution in [3.05, 3.63) is 104 Å². The van der Waals surface area contributed by atoms with Crippen molar-refractivity contribution in [3.63, 3.8) is 0 Å². The Morgan fingerprint density at radius 2 is 1.77 bits per heavy atom. The molecule has 1 amide bonds. The fourth-order valence-electron chi connectivity index (χ4n) is 4.86. The van der Waals surface area contributed by atoms with E-state index in [1.54, 1.807) is 4.90 Å². The van der Waals surface area contributed by atoms with Gasteiger partial charge in [-0.25, -0.2) is 13.2 Å². The summed E-state index contributed by atoms with van der Waals surface area (Å²) >= 11 is 12.5. The van der Waals surface area contributed by atoms with Crippen LogP contribution < -0.4 is 0 Å². The molecular weight excluding hydrogens is 513 g/mol. The van der Waals surface area contributed by atoms with Crippen LogP contribution in [0.1, 0.15) is 39.0 Å². The zero-order chi connectivity index (χ0) is 24.4. The number of amides is 1. The molecule has 0 N–H and O–H groups in total. The summed E-state index contributed by atoms with van der Waals surface area (Å²) in [6, 6.07) is 17.6. The van der Waals surface area contributed by atoms with Crippen LogP contribution in [-0.2, 0) is 21.9 Å². The maximum Gasteiger partial charge on any atom is 0.254 e. The first kappa shape index (κ1) is 23.0. The molecule has 3 aliphatic heterocycles. The fraction of sp³-hybridized carbons (Fsp3) is 0.231. The van der Waals surface area contributed by atoms with Crippen LogP contribution in [0.4, 0.5) is 8.78 Å². The minimum absolute atomic E-state index is 0.0000979. The molecule has 0 aromatic heterocycles. The van der Waals surface area contributed by atoms with Crippen molar-refractivity contribution in [1.29, 1.82) is 0 Å². The Morgan fingerprint density at radius 3 is 2.49 bits per heavy atom. The van der Waals surface area contributed by atoms with Gasteiger partial charge in [-0.15, -0.1) is 0 Å². The van der Waals surface area contributed by atoms with Crippen molar-refractivity contribution in [2.45, 2.75) is 23.6 Å². The summed E-state index contributed by atoms with van der Waals surface area (Å²) in [5, 5.41) is -2.34. The number of benzene rings is 3. The lowest BCUT2D eigenvalue weighted by Crippen LogP contribution is -2.61. The molecule has 3 heterocycles. The van der Waals surface area contributed by atoms with Crippen molar-refractivity contribution < 1.29 is 18.3 Å². The van der Waals surface area contributed by atoms with Gasteiger partial charge >= 0.3 is 0 Å². The van der Waals surface area contributed by atoms with Gasteiger partial charge in [-0.1, -0.05) is 53.5 Å². The van der Waals surface area contributed by atoms with E-state index in [4.69, 9.17) is 27.9 Å². The zero-order valence-corrected chi connectivity index (χ0v) is 20.6. The first-order valence-corrected chi connectivity index (χ1v) is 12.5. The maximum atomic E-state index is 15.7. The predicted molar refractivity (Wildman–Crippen MR) is 133 cm³/mol. The topological polar surface area (TPSA) is 41.9 Å². The molecule has 3 aliphatic rings. The van der Waals surface area contributed by atoms with Gasteiger partial charge in [0, 0.05) is 29.5 Å². The van der Waals surface area contributed by atoms with Crippen LogP contribution in [0.2, 0.25) is 10.0 Å². The zero-order valence-electron chi connectivity index (χ0n) is 18.2. The first-order valence-electron chi connectivity index (χ1n) is 11.0. The second-order valence-corrected chi connectivity index (χ2v) is 10.8. The third kappa shape index (κ3) is 3.76. The molecule has 6 rings (SSSR count). The van der Waals surface area contributed by atoms with Gasteiger partial charge in [-0.3, -0.25) is 4.79 Å². The van der Waals surface area contributed by atoms with Crippen LogP contribution in [0.25, 0.3) is 0 Å². The highest BCUT2D eigenvalue weighted by Crippen LogP contribution is 2.50. The molecule has 1 saturated heterocycles. The highest BCUT2D eigenvalue weighted by atomic mass is 35.5. The number of carbonyl (C=O) groups excluding carboxylic acids is 1. The van der Waals surface area contributed by atoms with Gasteiger partial charge in [0.1, 0.15) is 5.60 Å². The summed E-state index contributed by atoms with van der Waals surface area (Å²) in [6.45, 7) is 1.40. The molecule has 3 aromatic rings. The molecule has 1 fully saturated rings. The standard InChI is InChI=1S/C26H18Cl2F2N2O2S/c27-20-9-18(10-21(28)23(20)29)26(30)11-22(31-35-26)16-6-7-19-17(8-16)12-34-25(19)13-32(14-25)24(33)15-4-2-1-3-5-15/h1-10H,11-14H2. The van der Waals surface area contributed by atoms with Gasteiger partial charge in [0.05, 0.1) is 35.5 Å². The van der Waals surface area contributed by atoms with E-state index in [-0.39, 0.29) is 27.9 Å². The molecule has 9 heteroatoms. The van der Waals surface area contributed by atoms with Crippen LogP contribution in [0.5, 0.6) is 0 Å². The first-order chi connectivity index (χ1) is 16.8. The number of nitrogens with zero attached hydrogens (tertiary/aromatic N) is 2. The number of hydrogen-bond acceptors (Lipinski definition) is 4. The SMILES string of the molecule is O=C(c1ccccc1)N1CC2(C1)OCc1cc(C3=NSC(F)(c4cc(Cl)c(F)c(Cl)c4)C3)ccc12. The molecule has 4 nitrogen and oxygen atoms in total. The van der Waals surface area contributed by atoms with Gasteiger partial charge in [-0.05, 0) is 47.0 Å². The molecule has 1 atom stereocenters. The van der Waals surface area contributed by atoms with Crippen molar-refractivity contribution in [3.8, 4) is 0 Å². The fourth-order valence-corrected chi connectivity index (χ4v) is 6.19. The number of fused-ring (bicyclic) bond motifs is 2. The largest absolute Gasteiger partial charge is 0.362 e. The molecule has 1 unspecified atom stereocenters. The Kier molecular flexibility index (Phi) is 5.45. The number of ether oxygens (including phenoxy) is 1. The normalized spacial score (nSPS) is 22.2. The predicted octanol–water partition coefficient (Wildman–Crippen LogP) is 6.68. The molecule has 0 bridgehead atoms. The lowest BCUT2D eigenvalue weighted by atomic mass is 9.84. The van der Waals surface area contributed by atoms with Gasteiger partial charge < -0.3 is 9.64 Å². The molecule has 1 spiro atoms. The molecule has 35 heavy (non-hydrogen) atoms. The molecule has 3 aromatic carbocycles. The number of rotatable bonds is 3. The lowest BCUT2D eigenvalue weighted by Gasteiger charge is -2.47. The Labute approximate surface area is 215 Å². The Balaban J connectivity index is 1.19. The van der Waals surface area contributed by atoms with Gasteiger partial charge in [-0.2, -0.15) is 0 Å². The number of hydrogen-bond donors (Lipinski definition) is 0. The molecule has 178 valence electrons. The van der Waals surface area contributed by atoms with Gasteiger partial charge in [0.25, 0.3) is 5.91 Å². The number of carbonyl (C=O) groups is 1. The number of halogens is 4. The van der Waals surface area contributed by atoms with Crippen LogP contribution >= 0.6 is 35.1 Å². The molecule has 0 radical (unpaired) electrons. The van der Waals surface area contributed by atoms with Crippen molar-refractivity contribution >= 4 is 46.8 Å². The monoisotopic (exact) mass is 530 g/mol. The lowest BCUT2D eigenvalue weighted by molar-refractivity contribution is -0.126. The van der Waals surface area contributed by atoms with Gasteiger partial charge in [0.15, 0.2) is 5.82 Å². The van der Waals surface area contributed by atoms with Gasteiger partial charge in [0.2, 0.25) is 5.00 Å².